The van der Waals surface area contributed by atoms with Gasteiger partial charge in [0.25, 0.3) is 0 Å². The second kappa shape index (κ2) is 6.42. The van der Waals surface area contributed by atoms with E-state index in [1.807, 2.05) is 30.0 Å². The van der Waals surface area contributed by atoms with Crippen LogP contribution in [0, 0.1) is 0 Å². The topological polar surface area (TPSA) is 29.5 Å². The lowest BCUT2D eigenvalue weighted by atomic mass is 9.91. The van der Waals surface area contributed by atoms with Crippen molar-refractivity contribution in [3.05, 3.63) is 58.1 Å². The van der Waals surface area contributed by atoms with Gasteiger partial charge in [-0.1, -0.05) is 24.3 Å². The smallest absolute Gasteiger partial charge is 0.133 e. The Morgan fingerprint density at radius 1 is 1.33 bits per heavy atom. The molecule has 2 unspecified atom stereocenters. The quantitative estimate of drug-likeness (QED) is 0.879. The van der Waals surface area contributed by atoms with Crippen molar-refractivity contribution in [1.29, 1.82) is 0 Å². The van der Waals surface area contributed by atoms with Gasteiger partial charge in [0.05, 0.1) is 17.7 Å². The van der Waals surface area contributed by atoms with E-state index in [9.17, 15) is 5.11 Å². The van der Waals surface area contributed by atoms with E-state index in [1.54, 1.807) is 7.11 Å². The van der Waals surface area contributed by atoms with E-state index in [1.165, 1.54) is 10.5 Å². The molecule has 0 aliphatic carbocycles. The number of fused-ring (bicyclic) bond motifs is 1. The molecule has 110 valence electrons. The fourth-order valence-corrected chi connectivity index (χ4v) is 4.64. The first kappa shape index (κ1) is 14.9. The molecular formula is C17H17BrO2S. The van der Waals surface area contributed by atoms with Gasteiger partial charge >= 0.3 is 0 Å². The molecule has 2 aromatic rings. The number of hydrogen-bond acceptors (Lipinski definition) is 3. The molecule has 1 heterocycles. The van der Waals surface area contributed by atoms with E-state index >= 15 is 0 Å². The molecule has 0 fully saturated rings. The second-order valence-corrected chi connectivity index (χ2v) is 7.11. The van der Waals surface area contributed by atoms with E-state index in [2.05, 4.69) is 40.2 Å². The highest BCUT2D eigenvalue weighted by Gasteiger charge is 2.29. The molecule has 1 aliphatic heterocycles. The van der Waals surface area contributed by atoms with Crippen LogP contribution in [0.1, 0.15) is 17.0 Å². The molecular weight excluding hydrogens is 348 g/mol. The zero-order valence-electron chi connectivity index (χ0n) is 11.8. The van der Waals surface area contributed by atoms with E-state index in [4.69, 9.17) is 4.74 Å². The Morgan fingerprint density at radius 2 is 2.14 bits per heavy atom. The average Bonchev–Trinajstić information content (AvgIpc) is 2.91. The Bertz CT molecular complexity index is 644. The van der Waals surface area contributed by atoms with Crippen LogP contribution in [0.2, 0.25) is 0 Å². The number of thioether (sulfide) groups is 1. The number of ether oxygens (including phenoxy) is 1. The normalized spacial score (nSPS) is 18.3. The van der Waals surface area contributed by atoms with Crippen LogP contribution in [0.5, 0.6) is 5.75 Å². The number of hydrogen-bond donors (Lipinski definition) is 1. The maximum Gasteiger partial charge on any atom is 0.133 e. The summed E-state index contributed by atoms with van der Waals surface area (Å²) in [6, 6.07) is 14.3. The molecule has 4 heteroatoms. The van der Waals surface area contributed by atoms with Crippen LogP contribution < -0.4 is 4.74 Å². The highest BCUT2D eigenvalue weighted by Crippen LogP contribution is 2.41. The molecule has 3 rings (SSSR count). The summed E-state index contributed by atoms with van der Waals surface area (Å²) in [5, 5.41) is 10.6. The van der Waals surface area contributed by atoms with Crippen LogP contribution in [0.3, 0.4) is 0 Å². The summed E-state index contributed by atoms with van der Waals surface area (Å²) in [5.41, 5.74) is 2.40. The summed E-state index contributed by atoms with van der Waals surface area (Å²) in [6.07, 6.45) is 0.295. The fourth-order valence-electron chi connectivity index (χ4n) is 2.73. The number of rotatable bonds is 4. The first-order chi connectivity index (χ1) is 10.2. The third-order valence-electron chi connectivity index (χ3n) is 3.86. The molecule has 0 saturated carbocycles. The maximum atomic E-state index is 10.6. The summed E-state index contributed by atoms with van der Waals surface area (Å²) in [4.78, 5) is 1.30. The Kier molecular flexibility index (Phi) is 4.57. The minimum atomic E-state index is -0.360. The number of benzene rings is 2. The van der Waals surface area contributed by atoms with E-state index in [-0.39, 0.29) is 12.0 Å². The molecule has 21 heavy (non-hydrogen) atoms. The van der Waals surface area contributed by atoms with Crippen molar-refractivity contribution in [3.8, 4) is 5.75 Å². The van der Waals surface area contributed by atoms with E-state index in [0.29, 0.717) is 6.42 Å². The molecule has 0 saturated heterocycles. The first-order valence-electron chi connectivity index (χ1n) is 6.91. The van der Waals surface area contributed by atoms with Gasteiger partial charge in [0.1, 0.15) is 5.75 Å². The van der Waals surface area contributed by atoms with Crippen molar-refractivity contribution in [3.63, 3.8) is 0 Å². The lowest BCUT2D eigenvalue weighted by Gasteiger charge is -2.19. The molecule has 0 bridgehead atoms. The minimum absolute atomic E-state index is 0.215. The van der Waals surface area contributed by atoms with Crippen molar-refractivity contribution in [1.82, 2.24) is 0 Å². The third-order valence-corrected chi connectivity index (χ3v) is 5.69. The first-order valence-corrected chi connectivity index (χ1v) is 8.69. The minimum Gasteiger partial charge on any atom is -0.496 e. The van der Waals surface area contributed by atoms with Gasteiger partial charge in [-0.3, -0.25) is 0 Å². The van der Waals surface area contributed by atoms with Gasteiger partial charge in [-0.25, -0.2) is 0 Å². The van der Waals surface area contributed by atoms with Gasteiger partial charge in [-0.05, 0) is 51.7 Å². The molecule has 2 atom stereocenters. The zero-order chi connectivity index (χ0) is 14.8. The standard InChI is InChI=1S/C17H17BrO2S/c1-20-16-7-6-11(8-14(16)18)9-15(19)13-10-21-17-5-3-2-4-12(13)17/h2-8,13,15,19H,9-10H2,1H3. The molecule has 1 N–H and O–H groups in total. The Balaban J connectivity index is 1.75. The highest BCUT2D eigenvalue weighted by molar-refractivity contribution is 9.10. The Morgan fingerprint density at radius 3 is 2.90 bits per heavy atom. The third kappa shape index (κ3) is 3.12. The number of halogens is 1. The van der Waals surface area contributed by atoms with Gasteiger partial charge < -0.3 is 9.84 Å². The summed E-state index contributed by atoms with van der Waals surface area (Å²) in [6.45, 7) is 0. The molecule has 0 radical (unpaired) electrons. The predicted molar refractivity (Wildman–Crippen MR) is 90.3 cm³/mol. The van der Waals surface area contributed by atoms with Gasteiger partial charge in [-0.15, -0.1) is 11.8 Å². The summed E-state index contributed by atoms with van der Waals surface area (Å²) in [5.74, 6) is 1.99. The van der Waals surface area contributed by atoms with Crippen molar-refractivity contribution in [2.45, 2.75) is 23.3 Å². The van der Waals surface area contributed by atoms with Gasteiger partial charge in [0.2, 0.25) is 0 Å². The van der Waals surface area contributed by atoms with Crippen LogP contribution in [-0.2, 0) is 6.42 Å². The predicted octanol–water partition coefficient (Wildman–Crippen LogP) is 4.25. The largest absolute Gasteiger partial charge is 0.496 e. The number of aliphatic hydroxyl groups excluding tert-OH is 1. The van der Waals surface area contributed by atoms with Crippen molar-refractivity contribution in [2.24, 2.45) is 0 Å². The summed E-state index contributed by atoms with van der Waals surface area (Å²) < 4.78 is 6.17. The Labute approximate surface area is 137 Å². The zero-order valence-corrected chi connectivity index (χ0v) is 14.2. The average molecular weight is 365 g/mol. The molecule has 0 spiro atoms. The fraction of sp³-hybridized carbons (Fsp3) is 0.294. The van der Waals surface area contributed by atoms with Crippen LogP contribution >= 0.6 is 27.7 Å². The number of aliphatic hydroxyl groups is 1. The second-order valence-electron chi connectivity index (χ2n) is 5.20. The number of methoxy groups -OCH3 is 1. The Hall–Kier alpha value is -0.970. The van der Waals surface area contributed by atoms with Gasteiger partial charge in [0, 0.05) is 16.6 Å². The van der Waals surface area contributed by atoms with Crippen molar-refractivity contribution in [2.75, 3.05) is 12.9 Å². The molecule has 0 aromatic heterocycles. The van der Waals surface area contributed by atoms with E-state index in [0.717, 1.165) is 21.5 Å². The van der Waals surface area contributed by atoms with Crippen LogP contribution in [-0.4, -0.2) is 24.1 Å². The SMILES string of the molecule is COc1ccc(CC(O)C2CSc3ccccc32)cc1Br. The van der Waals surface area contributed by atoms with Gasteiger partial charge in [0.15, 0.2) is 0 Å². The van der Waals surface area contributed by atoms with Crippen molar-refractivity contribution < 1.29 is 9.84 Å². The molecule has 2 aromatic carbocycles. The lowest BCUT2D eigenvalue weighted by molar-refractivity contribution is 0.151. The van der Waals surface area contributed by atoms with Crippen LogP contribution in [0.4, 0.5) is 0 Å². The maximum absolute atomic E-state index is 10.6. The van der Waals surface area contributed by atoms with Crippen molar-refractivity contribution >= 4 is 27.7 Å². The lowest BCUT2D eigenvalue weighted by Crippen LogP contribution is -2.21. The summed E-state index contributed by atoms with van der Waals surface area (Å²) >= 11 is 5.33. The molecule has 2 nitrogen and oxygen atoms in total. The highest BCUT2D eigenvalue weighted by atomic mass is 79.9. The van der Waals surface area contributed by atoms with Crippen LogP contribution in [0.25, 0.3) is 0 Å². The van der Waals surface area contributed by atoms with Gasteiger partial charge in [-0.2, -0.15) is 0 Å². The van der Waals surface area contributed by atoms with E-state index < -0.39 is 0 Å². The monoisotopic (exact) mass is 364 g/mol. The van der Waals surface area contributed by atoms with Crippen LogP contribution in [0.15, 0.2) is 51.8 Å². The summed E-state index contributed by atoms with van der Waals surface area (Å²) in [7, 11) is 1.65. The molecule has 1 aliphatic rings. The molecule has 0 amide bonds.